The largest absolute Gasteiger partial charge is 0.459 e. The van der Waals surface area contributed by atoms with Gasteiger partial charge in [0.25, 0.3) is 0 Å². The summed E-state index contributed by atoms with van der Waals surface area (Å²) in [5.74, 6) is -1.20. The molecule has 4 aromatic rings. The molecule has 1 amide bonds. The Labute approximate surface area is 251 Å². The topological polar surface area (TPSA) is 90.9 Å². The molecule has 5 rings (SSSR count). The number of carbonyl (C=O) groups is 3. The predicted molar refractivity (Wildman–Crippen MR) is 164 cm³/mol. The van der Waals surface area contributed by atoms with Gasteiger partial charge in [0.1, 0.15) is 24.9 Å². The van der Waals surface area contributed by atoms with Crippen molar-refractivity contribution in [1.29, 1.82) is 0 Å². The van der Waals surface area contributed by atoms with E-state index in [9.17, 15) is 14.4 Å². The van der Waals surface area contributed by atoms with Crippen molar-refractivity contribution in [2.24, 2.45) is 0 Å². The fourth-order valence-electron chi connectivity index (χ4n) is 5.20. The van der Waals surface area contributed by atoms with Crippen LogP contribution in [0.2, 0.25) is 0 Å². The van der Waals surface area contributed by atoms with E-state index in [2.05, 4.69) is 17.4 Å². The lowest BCUT2D eigenvalue weighted by atomic mass is 9.98. The SMILES string of the molecule is CC(C)(C)OC(=O)c1cccc(C[C@H](NC(=O)OCC2c3ccccc3-c3ccccc32)C(=O)OCc2ccccc2)c1. The smallest absolute Gasteiger partial charge is 0.407 e. The van der Waals surface area contributed by atoms with Gasteiger partial charge in [0.05, 0.1) is 5.56 Å². The van der Waals surface area contributed by atoms with Crippen LogP contribution in [0.25, 0.3) is 11.1 Å². The Morgan fingerprint density at radius 2 is 1.35 bits per heavy atom. The summed E-state index contributed by atoms with van der Waals surface area (Å²) >= 11 is 0. The van der Waals surface area contributed by atoms with E-state index < -0.39 is 29.7 Å². The Balaban J connectivity index is 1.30. The van der Waals surface area contributed by atoms with E-state index in [0.717, 1.165) is 27.8 Å². The third kappa shape index (κ3) is 7.49. The van der Waals surface area contributed by atoms with Gasteiger partial charge in [-0.25, -0.2) is 14.4 Å². The zero-order valence-corrected chi connectivity index (χ0v) is 24.5. The molecule has 0 fully saturated rings. The van der Waals surface area contributed by atoms with E-state index in [-0.39, 0.29) is 25.6 Å². The molecule has 7 nitrogen and oxygen atoms in total. The van der Waals surface area contributed by atoms with Crippen molar-refractivity contribution in [3.8, 4) is 11.1 Å². The third-order valence-electron chi connectivity index (χ3n) is 7.15. The second-order valence-electron chi connectivity index (χ2n) is 11.5. The predicted octanol–water partition coefficient (Wildman–Crippen LogP) is 6.84. The van der Waals surface area contributed by atoms with Crippen molar-refractivity contribution in [2.75, 3.05) is 6.61 Å². The molecule has 0 unspecified atom stereocenters. The van der Waals surface area contributed by atoms with Crippen molar-refractivity contribution in [1.82, 2.24) is 5.32 Å². The Hall–Kier alpha value is -4.91. The third-order valence-corrected chi connectivity index (χ3v) is 7.15. The number of esters is 2. The van der Waals surface area contributed by atoms with E-state index in [1.165, 1.54) is 0 Å². The zero-order valence-electron chi connectivity index (χ0n) is 24.5. The molecule has 4 aromatic carbocycles. The Bertz CT molecular complexity index is 1560. The van der Waals surface area contributed by atoms with Gasteiger partial charge in [-0.15, -0.1) is 0 Å². The van der Waals surface area contributed by atoms with Crippen LogP contribution in [0.15, 0.2) is 103 Å². The first-order valence-corrected chi connectivity index (χ1v) is 14.3. The molecule has 1 aliphatic carbocycles. The van der Waals surface area contributed by atoms with Gasteiger partial charge in [-0.1, -0.05) is 91.0 Å². The molecular weight excluding hydrogens is 542 g/mol. The first kappa shape index (κ1) is 29.6. The van der Waals surface area contributed by atoms with Crippen molar-refractivity contribution in [3.63, 3.8) is 0 Å². The van der Waals surface area contributed by atoms with Gasteiger partial charge in [0, 0.05) is 12.3 Å². The molecule has 0 saturated carbocycles. The summed E-state index contributed by atoms with van der Waals surface area (Å²) in [6, 6.07) is 31.2. The highest BCUT2D eigenvalue weighted by Gasteiger charge is 2.30. The number of ether oxygens (including phenoxy) is 3. The minimum atomic E-state index is -1.05. The Kier molecular flexibility index (Phi) is 8.90. The quantitative estimate of drug-likeness (QED) is 0.173. The average molecular weight is 578 g/mol. The number of amides is 1. The van der Waals surface area contributed by atoms with Crippen LogP contribution in [0.1, 0.15) is 59.3 Å². The van der Waals surface area contributed by atoms with Crippen LogP contribution in [0.5, 0.6) is 0 Å². The van der Waals surface area contributed by atoms with Gasteiger partial charge >= 0.3 is 18.0 Å². The van der Waals surface area contributed by atoms with Gasteiger partial charge in [-0.2, -0.15) is 0 Å². The lowest BCUT2D eigenvalue weighted by Crippen LogP contribution is -2.44. The number of hydrogen-bond donors (Lipinski definition) is 1. The summed E-state index contributed by atoms with van der Waals surface area (Å²) in [7, 11) is 0. The number of nitrogens with one attached hydrogen (secondary N) is 1. The van der Waals surface area contributed by atoms with Gasteiger partial charge < -0.3 is 19.5 Å². The number of rotatable bonds is 9. The van der Waals surface area contributed by atoms with Crippen LogP contribution < -0.4 is 5.32 Å². The van der Waals surface area contributed by atoms with Gasteiger partial charge in [-0.3, -0.25) is 0 Å². The molecule has 0 aliphatic heterocycles. The van der Waals surface area contributed by atoms with Gasteiger partial charge in [0.2, 0.25) is 0 Å². The average Bonchev–Trinajstić information content (AvgIpc) is 3.32. The minimum Gasteiger partial charge on any atom is -0.459 e. The van der Waals surface area contributed by atoms with Crippen LogP contribution >= 0.6 is 0 Å². The number of fused-ring (bicyclic) bond motifs is 3. The summed E-state index contributed by atoms with van der Waals surface area (Å²) in [6.07, 6.45) is -0.638. The number of carbonyl (C=O) groups excluding carboxylic acids is 3. The molecule has 0 saturated heterocycles. The summed E-state index contributed by atoms with van der Waals surface area (Å²) in [5.41, 5.74) is 5.61. The molecule has 1 atom stereocenters. The van der Waals surface area contributed by atoms with E-state index in [1.807, 2.05) is 66.7 Å². The van der Waals surface area contributed by atoms with E-state index in [0.29, 0.717) is 11.1 Å². The number of benzene rings is 4. The van der Waals surface area contributed by atoms with E-state index in [1.54, 1.807) is 45.0 Å². The summed E-state index contributed by atoms with van der Waals surface area (Å²) < 4.78 is 16.8. The standard InChI is InChI=1S/C36H35NO6/c1-36(2,3)43-33(38)26-15-11-14-25(20-26)21-32(34(39)41-22-24-12-5-4-6-13-24)37-35(40)42-23-31-29-18-9-7-16-27(29)28-17-8-10-19-30(28)31/h4-20,31-32H,21-23H2,1-3H3,(H,37,40)/t32-/m0/s1. The maximum Gasteiger partial charge on any atom is 0.407 e. The highest BCUT2D eigenvalue weighted by molar-refractivity contribution is 5.90. The summed E-state index contributed by atoms with van der Waals surface area (Å²) in [5, 5.41) is 2.71. The molecule has 0 aromatic heterocycles. The van der Waals surface area contributed by atoms with Crippen LogP contribution in [-0.2, 0) is 32.0 Å². The van der Waals surface area contributed by atoms with E-state index in [4.69, 9.17) is 14.2 Å². The molecule has 0 radical (unpaired) electrons. The maximum atomic E-state index is 13.3. The maximum absolute atomic E-state index is 13.3. The fourth-order valence-corrected chi connectivity index (χ4v) is 5.20. The molecule has 0 bridgehead atoms. The van der Waals surface area contributed by atoms with Crippen LogP contribution in [0, 0.1) is 0 Å². The molecule has 1 N–H and O–H groups in total. The fraction of sp³-hybridized carbons (Fsp3) is 0.250. The van der Waals surface area contributed by atoms with Crippen LogP contribution in [-0.4, -0.2) is 36.3 Å². The molecule has 0 heterocycles. The van der Waals surface area contributed by atoms with Gasteiger partial charge in [0.15, 0.2) is 0 Å². The van der Waals surface area contributed by atoms with Crippen molar-refractivity contribution >= 4 is 18.0 Å². The summed E-state index contributed by atoms with van der Waals surface area (Å²) in [4.78, 5) is 39.0. The highest BCUT2D eigenvalue weighted by atomic mass is 16.6. The molecule has 7 heteroatoms. The first-order valence-electron chi connectivity index (χ1n) is 14.3. The van der Waals surface area contributed by atoms with E-state index >= 15 is 0 Å². The molecule has 0 spiro atoms. The Morgan fingerprint density at radius 1 is 0.744 bits per heavy atom. The van der Waals surface area contributed by atoms with Crippen molar-refractivity contribution < 1.29 is 28.6 Å². The highest BCUT2D eigenvalue weighted by Crippen LogP contribution is 2.44. The molecule has 43 heavy (non-hydrogen) atoms. The van der Waals surface area contributed by atoms with Crippen molar-refractivity contribution in [2.45, 2.75) is 51.4 Å². The lowest BCUT2D eigenvalue weighted by Gasteiger charge is -2.21. The van der Waals surface area contributed by atoms with Crippen molar-refractivity contribution in [3.05, 3.63) is 131 Å². The summed E-state index contributed by atoms with van der Waals surface area (Å²) in [6.45, 7) is 5.56. The number of alkyl carbamates (subject to hydrolysis) is 1. The first-order chi connectivity index (χ1) is 20.7. The Morgan fingerprint density at radius 3 is 2.00 bits per heavy atom. The lowest BCUT2D eigenvalue weighted by molar-refractivity contribution is -0.147. The molecule has 220 valence electrons. The second kappa shape index (κ2) is 12.9. The monoisotopic (exact) mass is 577 g/mol. The second-order valence-corrected chi connectivity index (χ2v) is 11.5. The van der Waals surface area contributed by atoms with Crippen LogP contribution in [0.3, 0.4) is 0 Å². The number of hydrogen-bond acceptors (Lipinski definition) is 6. The van der Waals surface area contributed by atoms with Crippen LogP contribution in [0.4, 0.5) is 4.79 Å². The van der Waals surface area contributed by atoms with Gasteiger partial charge in [-0.05, 0) is 66.3 Å². The molecular formula is C36H35NO6. The minimum absolute atomic E-state index is 0.0560. The zero-order chi connectivity index (χ0) is 30.4. The molecule has 1 aliphatic rings. The normalized spacial score (nSPS) is 12.9.